The van der Waals surface area contributed by atoms with Gasteiger partial charge in [0.1, 0.15) is 5.69 Å². The van der Waals surface area contributed by atoms with E-state index in [-0.39, 0.29) is 0 Å². The quantitative estimate of drug-likeness (QED) is 0.673. The first-order valence-corrected chi connectivity index (χ1v) is 4.70. The second kappa shape index (κ2) is 3.42. The van der Waals surface area contributed by atoms with E-state index in [0.717, 1.165) is 17.1 Å². The van der Waals surface area contributed by atoms with E-state index < -0.39 is 0 Å². The molecule has 0 unspecified atom stereocenters. The number of hydrogen-bond acceptors (Lipinski definition) is 2. The Hall–Kier alpha value is -1.35. The van der Waals surface area contributed by atoms with Crippen molar-refractivity contribution in [3.63, 3.8) is 0 Å². The van der Waals surface area contributed by atoms with Crippen molar-refractivity contribution < 1.29 is 0 Å². The number of nitrogens with zero attached hydrogens (tertiary/aromatic N) is 3. The topological polar surface area (TPSA) is 30.7 Å². The van der Waals surface area contributed by atoms with Crippen molar-refractivity contribution in [2.75, 3.05) is 0 Å². The molecule has 0 aliphatic rings. The first-order valence-electron chi connectivity index (χ1n) is 4.32. The SMILES string of the molecule is Cc1cc(C)n(-c2cccnc2Cl)n1. The Labute approximate surface area is 87.3 Å². The summed E-state index contributed by atoms with van der Waals surface area (Å²) in [6, 6.07) is 5.75. The maximum absolute atomic E-state index is 5.97. The fourth-order valence-electron chi connectivity index (χ4n) is 1.41. The highest BCUT2D eigenvalue weighted by Gasteiger charge is 2.07. The Balaban J connectivity index is 2.60. The van der Waals surface area contributed by atoms with Gasteiger partial charge in [0.05, 0.1) is 5.69 Å². The standard InChI is InChI=1S/C10H10ClN3/c1-7-6-8(2)14(13-7)9-4-3-5-12-10(9)11/h3-6H,1-2H3. The Morgan fingerprint density at radius 1 is 1.36 bits per heavy atom. The lowest BCUT2D eigenvalue weighted by atomic mass is 10.4. The zero-order chi connectivity index (χ0) is 10.1. The van der Waals surface area contributed by atoms with Crippen LogP contribution in [0.15, 0.2) is 24.4 Å². The summed E-state index contributed by atoms with van der Waals surface area (Å²) in [5, 5.41) is 4.80. The van der Waals surface area contributed by atoms with Crippen molar-refractivity contribution >= 4 is 11.6 Å². The van der Waals surface area contributed by atoms with Gasteiger partial charge in [0.2, 0.25) is 0 Å². The molecule has 0 fully saturated rings. The molecule has 3 nitrogen and oxygen atoms in total. The molecule has 14 heavy (non-hydrogen) atoms. The minimum Gasteiger partial charge on any atom is -0.242 e. The van der Waals surface area contributed by atoms with Crippen LogP contribution in [0, 0.1) is 13.8 Å². The van der Waals surface area contributed by atoms with Crippen LogP contribution in [0.3, 0.4) is 0 Å². The number of rotatable bonds is 1. The summed E-state index contributed by atoms with van der Waals surface area (Å²) in [5.41, 5.74) is 2.85. The molecule has 0 aromatic carbocycles. The third-order valence-corrected chi connectivity index (χ3v) is 2.27. The van der Waals surface area contributed by atoms with E-state index in [2.05, 4.69) is 10.1 Å². The Morgan fingerprint density at radius 3 is 2.71 bits per heavy atom. The molecule has 0 atom stereocenters. The number of hydrogen-bond donors (Lipinski definition) is 0. The highest BCUT2D eigenvalue weighted by atomic mass is 35.5. The van der Waals surface area contributed by atoms with Crippen molar-refractivity contribution in [1.82, 2.24) is 14.8 Å². The van der Waals surface area contributed by atoms with Gasteiger partial charge in [-0.05, 0) is 32.0 Å². The van der Waals surface area contributed by atoms with Crippen molar-refractivity contribution in [1.29, 1.82) is 0 Å². The summed E-state index contributed by atoms with van der Waals surface area (Å²) < 4.78 is 1.80. The second-order valence-corrected chi connectivity index (χ2v) is 3.51. The van der Waals surface area contributed by atoms with E-state index in [4.69, 9.17) is 11.6 Å². The highest BCUT2D eigenvalue weighted by Crippen LogP contribution is 2.18. The van der Waals surface area contributed by atoms with Crippen molar-refractivity contribution in [2.45, 2.75) is 13.8 Å². The molecule has 4 heteroatoms. The molecule has 0 aliphatic heterocycles. The third-order valence-electron chi connectivity index (χ3n) is 1.98. The maximum atomic E-state index is 5.97. The van der Waals surface area contributed by atoms with Crippen LogP contribution in [0.2, 0.25) is 5.15 Å². The number of aromatic nitrogens is 3. The summed E-state index contributed by atoms with van der Waals surface area (Å²) in [5.74, 6) is 0. The fraction of sp³-hybridized carbons (Fsp3) is 0.200. The van der Waals surface area contributed by atoms with Gasteiger partial charge < -0.3 is 0 Å². The average molecular weight is 208 g/mol. The lowest BCUT2D eigenvalue weighted by molar-refractivity contribution is 0.829. The van der Waals surface area contributed by atoms with Crippen LogP contribution in [-0.4, -0.2) is 14.8 Å². The van der Waals surface area contributed by atoms with Gasteiger partial charge in [-0.1, -0.05) is 11.6 Å². The van der Waals surface area contributed by atoms with Crippen molar-refractivity contribution in [3.8, 4) is 5.69 Å². The van der Waals surface area contributed by atoms with E-state index in [1.807, 2.05) is 32.0 Å². The zero-order valence-corrected chi connectivity index (χ0v) is 8.78. The third kappa shape index (κ3) is 1.51. The summed E-state index contributed by atoms with van der Waals surface area (Å²) in [6.45, 7) is 3.94. The Morgan fingerprint density at radius 2 is 2.14 bits per heavy atom. The molecule has 0 saturated heterocycles. The molecule has 2 aromatic heterocycles. The van der Waals surface area contributed by atoms with Gasteiger partial charge in [-0.3, -0.25) is 0 Å². The Kier molecular flexibility index (Phi) is 2.25. The molecule has 0 saturated carbocycles. The predicted octanol–water partition coefficient (Wildman–Crippen LogP) is 2.54. The van der Waals surface area contributed by atoms with Crippen LogP contribution in [0.4, 0.5) is 0 Å². The van der Waals surface area contributed by atoms with Crippen LogP contribution >= 0.6 is 11.6 Å². The van der Waals surface area contributed by atoms with E-state index in [1.54, 1.807) is 10.9 Å². The van der Waals surface area contributed by atoms with Gasteiger partial charge in [-0.2, -0.15) is 5.10 Å². The molecular formula is C10H10ClN3. The zero-order valence-electron chi connectivity index (χ0n) is 8.03. The van der Waals surface area contributed by atoms with Gasteiger partial charge in [0, 0.05) is 11.9 Å². The van der Waals surface area contributed by atoms with Crippen LogP contribution < -0.4 is 0 Å². The molecule has 2 aromatic rings. The number of aryl methyl sites for hydroxylation is 2. The van der Waals surface area contributed by atoms with Gasteiger partial charge >= 0.3 is 0 Å². The van der Waals surface area contributed by atoms with E-state index in [1.165, 1.54) is 0 Å². The molecule has 2 heterocycles. The molecule has 0 radical (unpaired) electrons. The second-order valence-electron chi connectivity index (χ2n) is 3.15. The maximum Gasteiger partial charge on any atom is 0.154 e. The largest absolute Gasteiger partial charge is 0.242 e. The first kappa shape index (κ1) is 9.21. The van der Waals surface area contributed by atoms with E-state index >= 15 is 0 Å². The summed E-state index contributed by atoms with van der Waals surface area (Å²) in [7, 11) is 0. The Bertz CT molecular complexity index is 462. The molecule has 0 spiro atoms. The first-order chi connectivity index (χ1) is 6.68. The minimum atomic E-state index is 0.471. The number of pyridine rings is 1. The van der Waals surface area contributed by atoms with E-state index in [9.17, 15) is 0 Å². The van der Waals surface area contributed by atoms with Gasteiger partial charge in [-0.25, -0.2) is 9.67 Å². The van der Waals surface area contributed by atoms with Crippen LogP contribution in [0.5, 0.6) is 0 Å². The lowest BCUT2D eigenvalue weighted by Gasteiger charge is -2.04. The molecule has 0 amide bonds. The van der Waals surface area contributed by atoms with Crippen LogP contribution in [0.1, 0.15) is 11.4 Å². The smallest absolute Gasteiger partial charge is 0.154 e. The van der Waals surface area contributed by atoms with Crippen LogP contribution in [-0.2, 0) is 0 Å². The monoisotopic (exact) mass is 207 g/mol. The normalized spacial score (nSPS) is 10.5. The van der Waals surface area contributed by atoms with Crippen molar-refractivity contribution in [3.05, 3.63) is 40.9 Å². The molecule has 0 aliphatic carbocycles. The molecule has 0 N–H and O–H groups in total. The van der Waals surface area contributed by atoms with E-state index in [0.29, 0.717) is 5.15 Å². The molecule has 0 bridgehead atoms. The fourth-order valence-corrected chi connectivity index (χ4v) is 1.61. The molecular weight excluding hydrogens is 198 g/mol. The summed E-state index contributed by atoms with van der Waals surface area (Å²) >= 11 is 5.97. The average Bonchev–Trinajstić information content (AvgIpc) is 2.46. The van der Waals surface area contributed by atoms with Gasteiger partial charge in [0.15, 0.2) is 5.15 Å². The van der Waals surface area contributed by atoms with Crippen molar-refractivity contribution in [2.24, 2.45) is 0 Å². The lowest BCUT2D eigenvalue weighted by Crippen LogP contribution is -2.00. The number of halogens is 1. The summed E-state index contributed by atoms with van der Waals surface area (Å²) in [4.78, 5) is 4.01. The molecule has 72 valence electrons. The molecule has 2 rings (SSSR count). The van der Waals surface area contributed by atoms with Gasteiger partial charge in [-0.15, -0.1) is 0 Å². The predicted molar refractivity (Wildman–Crippen MR) is 55.8 cm³/mol. The highest BCUT2D eigenvalue weighted by molar-refractivity contribution is 6.31. The van der Waals surface area contributed by atoms with Gasteiger partial charge in [0.25, 0.3) is 0 Å². The minimum absolute atomic E-state index is 0.471. The summed E-state index contributed by atoms with van der Waals surface area (Å²) in [6.07, 6.45) is 1.66. The van der Waals surface area contributed by atoms with Crippen LogP contribution in [0.25, 0.3) is 5.69 Å².